The third-order valence-electron chi connectivity index (χ3n) is 12.1. The molecule has 0 radical (unpaired) electrons. The number of allylic oxidation sites excluding steroid dienone is 6. The Morgan fingerprint density at radius 1 is 0.769 bits per heavy atom. The molecule has 0 atom stereocenters. The maximum atomic E-state index is 13.9. The topological polar surface area (TPSA) is 253 Å². The van der Waals surface area contributed by atoms with Crippen LogP contribution in [0.1, 0.15) is 77.8 Å². The third-order valence-corrected chi connectivity index (χ3v) is 16.5. The van der Waals surface area contributed by atoms with E-state index in [0.29, 0.717) is 40.3 Å². The van der Waals surface area contributed by atoms with Gasteiger partial charge in [-0.1, -0.05) is 63.6 Å². The van der Waals surface area contributed by atoms with Crippen molar-refractivity contribution in [1.29, 1.82) is 0 Å². The molecule has 0 unspecified atom stereocenters. The van der Waals surface area contributed by atoms with Gasteiger partial charge in [-0.25, -0.2) is 38.0 Å². The van der Waals surface area contributed by atoms with Crippen LogP contribution >= 0.6 is 0 Å². The summed E-state index contributed by atoms with van der Waals surface area (Å²) in [7, 11) is -17.5. The van der Waals surface area contributed by atoms with Crippen LogP contribution in [0.4, 0.5) is 11.4 Å². The molecule has 0 amide bonds. The zero-order chi connectivity index (χ0) is 48.1. The van der Waals surface area contributed by atoms with Crippen molar-refractivity contribution >= 4 is 85.0 Å². The van der Waals surface area contributed by atoms with E-state index in [-0.39, 0.29) is 48.0 Å². The van der Waals surface area contributed by atoms with Crippen molar-refractivity contribution in [2.24, 2.45) is 0 Å². The molecule has 4 aromatic rings. The number of hydrogen-bond acceptors (Lipinski definition) is 13. The van der Waals surface area contributed by atoms with E-state index < -0.39 is 72.7 Å². The predicted octanol–water partition coefficient (Wildman–Crippen LogP) is 6.19. The number of benzene rings is 4. The van der Waals surface area contributed by atoms with Crippen LogP contribution in [0.25, 0.3) is 21.5 Å². The number of nitrogens with zero attached hydrogens (tertiary/aromatic N) is 3. The van der Waals surface area contributed by atoms with E-state index in [1.54, 1.807) is 42.5 Å². The van der Waals surface area contributed by atoms with Crippen LogP contribution in [0, 0.1) is 0 Å². The molecule has 1 N–H and O–H groups in total. The van der Waals surface area contributed by atoms with Gasteiger partial charge in [0.05, 0.1) is 30.2 Å². The number of sulfonamides is 1. The van der Waals surface area contributed by atoms with Gasteiger partial charge in [0, 0.05) is 84.0 Å². The van der Waals surface area contributed by atoms with E-state index in [4.69, 9.17) is 5.11 Å². The van der Waals surface area contributed by atoms with Crippen LogP contribution in [-0.4, -0.2) is 105 Å². The normalized spacial score (nSPS) is 17.1. The first-order valence-corrected chi connectivity index (χ1v) is 26.7. The molecular weight excluding hydrogens is 919 g/mol. The molecule has 2 aliphatic heterocycles. The summed E-state index contributed by atoms with van der Waals surface area (Å²) in [6.45, 7) is 10.4. The van der Waals surface area contributed by atoms with E-state index in [2.05, 4.69) is 0 Å². The zero-order valence-corrected chi connectivity index (χ0v) is 40.0. The van der Waals surface area contributed by atoms with Gasteiger partial charge in [-0.3, -0.25) is 4.79 Å². The van der Waals surface area contributed by atoms with Crippen molar-refractivity contribution in [3.63, 3.8) is 0 Å². The first-order chi connectivity index (χ1) is 30.1. The molecule has 2 aliphatic rings. The van der Waals surface area contributed by atoms with Gasteiger partial charge in [-0.15, -0.1) is 0 Å². The Hall–Kier alpha value is -4.80. The van der Waals surface area contributed by atoms with Gasteiger partial charge >= 0.3 is 5.97 Å². The minimum absolute atomic E-state index is 0.00468. The highest BCUT2D eigenvalue weighted by Gasteiger charge is 2.46. The van der Waals surface area contributed by atoms with Crippen LogP contribution in [0.5, 0.6) is 0 Å². The molecule has 0 aliphatic carbocycles. The Labute approximate surface area is 380 Å². The summed E-state index contributed by atoms with van der Waals surface area (Å²) < 4.78 is 140. The summed E-state index contributed by atoms with van der Waals surface area (Å²) in [4.78, 5) is 11.4. The molecule has 0 saturated carbocycles. The van der Waals surface area contributed by atoms with Crippen LogP contribution in [0.3, 0.4) is 0 Å². The number of unbranched alkanes of at least 4 members (excludes halogenated alkanes) is 1. The summed E-state index contributed by atoms with van der Waals surface area (Å²) in [5.74, 6) is -1.63. The maximum Gasteiger partial charge on any atom is 0.303 e. The van der Waals surface area contributed by atoms with Crippen molar-refractivity contribution in [3.8, 4) is 0 Å². The molecule has 350 valence electrons. The molecule has 0 aromatic heterocycles. The minimum atomic E-state index is -5.19. The van der Waals surface area contributed by atoms with Gasteiger partial charge in [-0.05, 0) is 79.4 Å². The molecule has 16 nitrogen and oxygen atoms in total. The number of carboxylic acid groups (broad SMARTS) is 1. The van der Waals surface area contributed by atoms with E-state index >= 15 is 0 Å². The maximum absolute atomic E-state index is 13.9. The SMILES string of the molecule is CCCC[N+]1=C(C=CC=CC=C2N(CCCS(=O)(=O)[O-])c3ccc4c(S(=O)(=O)N(C)CCCC(=O)O)cccc4c3C2(C)C)C(C)(C)c2c1ccc1c(S(=O)(=O)[O-])cc(S(=O)(=O)[O-])cc21. The summed E-state index contributed by atoms with van der Waals surface area (Å²) >= 11 is 0. The second kappa shape index (κ2) is 18.1. The van der Waals surface area contributed by atoms with Crippen molar-refractivity contribution in [2.45, 2.75) is 92.2 Å². The number of aliphatic carboxylic acids is 1. The summed E-state index contributed by atoms with van der Waals surface area (Å²) in [6.07, 6.45) is 10.6. The second-order valence-corrected chi connectivity index (χ2v) is 23.5. The Bertz CT molecular complexity index is 3190. The molecule has 20 heteroatoms. The summed E-state index contributed by atoms with van der Waals surface area (Å²) in [5.41, 5.74) is 2.50. The lowest BCUT2D eigenvalue weighted by atomic mass is 9.79. The average Bonchev–Trinajstić information content (AvgIpc) is 3.55. The van der Waals surface area contributed by atoms with Crippen LogP contribution < -0.4 is 4.90 Å². The molecule has 65 heavy (non-hydrogen) atoms. The van der Waals surface area contributed by atoms with Crippen LogP contribution in [0.2, 0.25) is 0 Å². The number of carboxylic acids is 1. The Morgan fingerprint density at radius 3 is 2.08 bits per heavy atom. The van der Waals surface area contributed by atoms with Gasteiger partial charge in [0.2, 0.25) is 15.7 Å². The molecule has 6 rings (SSSR count). The molecular formula is C45H51N3O13S4-2. The first kappa shape index (κ1) is 49.6. The minimum Gasteiger partial charge on any atom is -0.748 e. The molecule has 0 fully saturated rings. The number of rotatable bonds is 18. The Morgan fingerprint density at radius 2 is 1.45 bits per heavy atom. The molecule has 0 saturated heterocycles. The van der Waals surface area contributed by atoms with Gasteiger partial charge in [0.15, 0.2) is 5.71 Å². The Kier molecular flexibility index (Phi) is 13.8. The molecule has 0 spiro atoms. The van der Waals surface area contributed by atoms with E-state index in [0.717, 1.165) is 40.2 Å². The smallest absolute Gasteiger partial charge is 0.303 e. The van der Waals surface area contributed by atoms with Crippen molar-refractivity contribution in [3.05, 3.63) is 102 Å². The number of hydrogen-bond donors (Lipinski definition) is 1. The monoisotopic (exact) mass is 969 g/mol. The van der Waals surface area contributed by atoms with E-state index in [1.165, 1.54) is 19.2 Å². The predicted molar refractivity (Wildman–Crippen MR) is 244 cm³/mol. The highest BCUT2D eigenvalue weighted by molar-refractivity contribution is 7.89. The quantitative estimate of drug-likeness (QED) is 0.0663. The van der Waals surface area contributed by atoms with Crippen LogP contribution in [-0.2, 0) is 56.0 Å². The van der Waals surface area contributed by atoms with Gasteiger partial charge in [-0.2, -0.15) is 4.58 Å². The number of anilines is 1. The Balaban J connectivity index is 1.42. The lowest BCUT2D eigenvalue weighted by Crippen LogP contribution is -2.28. The standard InChI is InChI=1S/C45H53N3O13S4/c1-7-8-25-47-36-23-21-32-34(28-30(64(56,57)58)29-38(32)65(59,60)61)43(36)45(4,5)40(47)18-11-9-10-17-39-44(2,3)42-33-15-12-16-37(63(54,55)46(6)24-13-19-41(49)50)31(33)20-22-35(42)48(39)26-14-27-62(51,52)53/h9-12,15-18,20-23,28-29H,7-8,13-14,19,24-27H2,1-6H3,(H3-,49,50,51,52,53,56,57,58,59,60,61)/p-2. The fourth-order valence-corrected chi connectivity index (χ4v) is 12.3. The van der Waals surface area contributed by atoms with Crippen molar-refractivity contribution in [1.82, 2.24) is 4.31 Å². The molecule has 0 bridgehead atoms. The average molecular weight is 970 g/mol. The highest BCUT2D eigenvalue weighted by Crippen LogP contribution is 2.52. The van der Waals surface area contributed by atoms with E-state index in [9.17, 15) is 52.1 Å². The molecule has 4 aromatic carbocycles. The number of carbonyl (C=O) groups is 1. The van der Waals surface area contributed by atoms with Crippen LogP contribution in [0.15, 0.2) is 105 Å². The molecule has 2 heterocycles. The third kappa shape index (κ3) is 9.85. The lowest BCUT2D eigenvalue weighted by Gasteiger charge is -2.27. The van der Waals surface area contributed by atoms with E-state index in [1.807, 2.05) is 62.3 Å². The number of fused-ring (bicyclic) bond motifs is 6. The van der Waals surface area contributed by atoms with Gasteiger partial charge in [0.25, 0.3) is 0 Å². The van der Waals surface area contributed by atoms with Gasteiger partial charge < -0.3 is 23.7 Å². The largest absolute Gasteiger partial charge is 0.748 e. The summed E-state index contributed by atoms with van der Waals surface area (Å²) in [5, 5.41) is 10.3. The van der Waals surface area contributed by atoms with Crippen molar-refractivity contribution < 1.29 is 61.8 Å². The lowest BCUT2D eigenvalue weighted by molar-refractivity contribution is -0.438. The van der Waals surface area contributed by atoms with Gasteiger partial charge in [0.1, 0.15) is 26.8 Å². The second-order valence-electron chi connectivity index (χ2n) is 17.2. The fourth-order valence-electron chi connectivity index (χ4n) is 9.10. The summed E-state index contributed by atoms with van der Waals surface area (Å²) in [6, 6.07) is 13.3. The van der Waals surface area contributed by atoms with Crippen molar-refractivity contribution in [2.75, 3.05) is 37.3 Å². The first-order valence-electron chi connectivity index (χ1n) is 20.8. The highest BCUT2D eigenvalue weighted by atomic mass is 32.2. The zero-order valence-electron chi connectivity index (χ0n) is 36.8. The fraction of sp³-hybridized carbons (Fsp3) is 0.378.